The summed E-state index contributed by atoms with van der Waals surface area (Å²) < 4.78 is 6.07. The largest absolute Gasteiger partial charge is 0.493 e. The average Bonchev–Trinajstić information content (AvgIpc) is 2.45. The first-order valence-electron chi connectivity index (χ1n) is 8.97. The smallest absolute Gasteiger partial charge is 0.125 e. The third-order valence-electron chi connectivity index (χ3n) is 5.14. The van der Waals surface area contributed by atoms with E-state index in [9.17, 15) is 0 Å². The highest BCUT2D eigenvalue weighted by molar-refractivity contribution is 5.54. The Balaban J connectivity index is 3.11. The molecule has 22 heavy (non-hydrogen) atoms. The second-order valence-electron chi connectivity index (χ2n) is 7.57. The zero-order valence-electron chi connectivity index (χ0n) is 16.2. The normalized spacial score (nSPS) is 11.8. The standard InChI is InChI=1S/C21H36O/c1-9-12-21(7,8)13-11-19-16(4)15(3)17(5)20(18(19)6)22-14-10-2/h9-14H2,1-8H3. The molecule has 0 aromatic heterocycles. The zero-order chi connectivity index (χ0) is 16.9. The monoisotopic (exact) mass is 304 g/mol. The van der Waals surface area contributed by atoms with Gasteiger partial charge in [-0.25, -0.2) is 0 Å². The van der Waals surface area contributed by atoms with Crippen LogP contribution in [0.5, 0.6) is 5.75 Å². The molecule has 1 aromatic rings. The lowest BCUT2D eigenvalue weighted by atomic mass is 9.80. The SMILES string of the molecule is CCCOc1c(C)c(C)c(C)c(CCC(C)(C)CCC)c1C. The zero-order valence-corrected chi connectivity index (χ0v) is 16.2. The van der Waals surface area contributed by atoms with E-state index in [0.29, 0.717) is 5.41 Å². The van der Waals surface area contributed by atoms with Crippen LogP contribution in [0.15, 0.2) is 0 Å². The molecule has 0 radical (unpaired) electrons. The summed E-state index contributed by atoms with van der Waals surface area (Å²) in [6, 6.07) is 0. The van der Waals surface area contributed by atoms with Crippen molar-refractivity contribution in [3.8, 4) is 5.75 Å². The molecule has 1 rings (SSSR count). The Morgan fingerprint density at radius 2 is 1.41 bits per heavy atom. The highest BCUT2D eigenvalue weighted by Gasteiger charge is 2.20. The van der Waals surface area contributed by atoms with E-state index >= 15 is 0 Å². The maximum absolute atomic E-state index is 6.07. The molecule has 0 aliphatic heterocycles. The van der Waals surface area contributed by atoms with Gasteiger partial charge in [0.05, 0.1) is 6.61 Å². The molecule has 126 valence electrons. The Bertz CT molecular complexity index is 497. The van der Waals surface area contributed by atoms with E-state index in [-0.39, 0.29) is 0 Å². The van der Waals surface area contributed by atoms with Gasteiger partial charge in [0.25, 0.3) is 0 Å². The second-order valence-corrected chi connectivity index (χ2v) is 7.57. The van der Waals surface area contributed by atoms with Gasteiger partial charge in [-0.1, -0.05) is 34.1 Å². The average molecular weight is 305 g/mol. The van der Waals surface area contributed by atoms with Gasteiger partial charge in [0, 0.05) is 0 Å². The van der Waals surface area contributed by atoms with Crippen molar-refractivity contribution in [3.63, 3.8) is 0 Å². The molecule has 0 N–H and O–H groups in total. The Morgan fingerprint density at radius 3 is 1.95 bits per heavy atom. The van der Waals surface area contributed by atoms with Crippen LogP contribution in [0, 0.1) is 33.1 Å². The Hall–Kier alpha value is -0.980. The topological polar surface area (TPSA) is 9.23 Å². The van der Waals surface area contributed by atoms with E-state index < -0.39 is 0 Å². The van der Waals surface area contributed by atoms with Crippen LogP contribution in [0.25, 0.3) is 0 Å². The molecule has 0 heterocycles. The van der Waals surface area contributed by atoms with Crippen molar-refractivity contribution in [2.24, 2.45) is 5.41 Å². The van der Waals surface area contributed by atoms with Gasteiger partial charge in [-0.15, -0.1) is 0 Å². The fraction of sp³-hybridized carbons (Fsp3) is 0.714. The minimum absolute atomic E-state index is 0.427. The Labute approximate surface area is 138 Å². The van der Waals surface area contributed by atoms with E-state index in [1.54, 1.807) is 0 Å². The summed E-state index contributed by atoms with van der Waals surface area (Å²) in [5.41, 5.74) is 7.49. The summed E-state index contributed by atoms with van der Waals surface area (Å²) in [5.74, 6) is 1.13. The van der Waals surface area contributed by atoms with Gasteiger partial charge in [0.15, 0.2) is 0 Å². The molecule has 1 heteroatoms. The van der Waals surface area contributed by atoms with Crippen molar-refractivity contribution < 1.29 is 4.74 Å². The van der Waals surface area contributed by atoms with Gasteiger partial charge in [-0.3, -0.25) is 0 Å². The third kappa shape index (κ3) is 4.51. The van der Waals surface area contributed by atoms with Crippen LogP contribution < -0.4 is 4.74 Å². The number of ether oxygens (including phenoxy) is 1. The lowest BCUT2D eigenvalue weighted by Gasteiger charge is -2.26. The fourth-order valence-corrected chi connectivity index (χ4v) is 3.44. The molecule has 0 spiro atoms. The molecule has 0 atom stereocenters. The maximum Gasteiger partial charge on any atom is 0.125 e. The van der Waals surface area contributed by atoms with Gasteiger partial charge in [0.2, 0.25) is 0 Å². The quantitative estimate of drug-likeness (QED) is 0.535. The van der Waals surface area contributed by atoms with Crippen molar-refractivity contribution in [2.75, 3.05) is 6.61 Å². The van der Waals surface area contributed by atoms with E-state index in [4.69, 9.17) is 4.74 Å². The minimum atomic E-state index is 0.427. The summed E-state index contributed by atoms with van der Waals surface area (Å²) in [7, 11) is 0. The first-order chi connectivity index (χ1) is 10.2. The molecule has 0 saturated heterocycles. The summed E-state index contributed by atoms with van der Waals surface area (Å²) in [6.45, 7) is 19.0. The third-order valence-corrected chi connectivity index (χ3v) is 5.14. The van der Waals surface area contributed by atoms with Gasteiger partial charge in [-0.05, 0) is 86.6 Å². The fourth-order valence-electron chi connectivity index (χ4n) is 3.44. The van der Waals surface area contributed by atoms with E-state index in [1.165, 1.54) is 47.1 Å². The number of benzene rings is 1. The molecule has 0 bridgehead atoms. The first-order valence-corrected chi connectivity index (χ1v) is 8.97. The van der Waals surface area contributed by atoms with E-state index in [1.807, 2.05) is 0 Å². The molecule has 0 fully saturated rings. The lowest BCUT2D eigenvalue weighted by Crippen LogP contribution is -2.14. The van der Waals surface area contributed by atoms with E-state index in [2.05, 4.69) is 55.4 Å². The van der Waals surface area contributed by atoms with Crippen molar-refractivity contribution >= 4 is 0 Å². The van der Waals surface area contributed by atoms with E-state index in [0.717, 1.165) is 25.2 Å². The lowest BCUT2D eigenvalue weighted by molar-refractivity contribution is 0.301. The first kappa shape index (κ1) is 19.1. The molecule has 1 nitrogen and oxygen atoms in total. The molecular formula is C21H36O. The van der Waals surface area contributed by atoms with Crippen LogP contribution in [-0.2, 0) is 6.42 Å². The minimum Gasteiger partial charge on any atom is -0.493 e. The molecule has 0 saturated carbocycles. The summed E-state index contributed by atoms with van der Waals surface area (Å²) in [6.07, 6.45) is 6.04. The van der Waals surface area contributed by atoms with Crippen LogP contribution in [0.2, 0.25) is 0 Å². The highest BCUT2D eigenvalue weighted by atomic mass is 16.5. The van der Waals surface area contributed by atoms with Gasteiger partial charge in [-0.2, -0.15) is 0 Å². The van der Waals surface area contributed by atoms with Crippen LogP contribution >= 0.6 is 0 Å². The number of rotatable bonds is 8. The predicted molar refractivity (Wildman–Crippen MR) is 98.2 cm³/mol. The van der Waals surface area contributed by atoms with Gasteiger partial charge in [0.1, 0.15) is 5.75 Å². The van der Waals surface area contributed by atoms with Gasteiger partial charge < -0.3 is 4.74 Å². The maximum atomic E-state index is 6.07. The molecule has 0 aliphatic carbocycles. The van der Waals surface area contributed by atoms with Crippen LogP contribution in [0.1, 0.15) is 81.2 Å². The highest BCUT2D eigenvalue weighted by Crippen LogP contribution is 2.36. The van der Waals surface area contributed by atoms with Crippen molar-refractivity contribution in [3.05, 3.63) is 27.8 Å². The molecule has 0 amide bonds. The molecular weight excluding hydrogens is 268 g/mol. The van der Waals surface area contributed by atoms with Crippen molar-refractivity contribution in [1.82, 2.24) is 0 Å². The van der Waals surface area contributed by atoms with Gasteiger partial charge >= 0.3 is 0 Å². The molecule has 0 unspecified atom stereocenters. The van der Waals surface area contributed by atoms with Crippen LogP contribution in [-0.4, -0.2) is 6.61 Å². The summed E-state index contributed by atoms with van der Waals surface area (Å²) in [4.78, 5) is 0. The number of hydrogen-bond acceptors (Lipinski definition) is 1. The van der Waals surface area contributed by atoms with Crippen molar-refractivity contribution in [2.45, 2.75) is 87.5 Å². The van der Waals surface area contributed by atoms with Crippen molar-refractivity contribution in [1.29, 1.82) is 0 Å². The number of hydrogen-bond donors (Lipinski definition) is 0. The van der Waals surface area contributed by atoms with Crippen LogP contribution in [0.4, 0.5) is 0 Å². The Morgan fingerprint density at radius 1 is 0.773 bits per heavy atom. The van der Waals surface area contributed by atoms with Crippen LogP contribution in [0.3, 0.4) is 0 Å². The summed E-state index contributed by atoms with van der Waals surface area (Å²) in [5, 5.41) is 0. The molecule has 0 aliphatic rings. The molecule has 1 aromatic carbocycles. The second kappa shape index (κ2) is 8.04. The predicted octanol–water partition coefficient (Wildman–Crippen LogP) is 6.47. The Kier molecular flexibility index (Phi) is 6.97. The summed E-state index contributed by atoms with van der Waals surface area (Å²) >= 11 is 0.